The van der Waals surface area contributed by atoms with Crippen molar-refractivity contribution in [3.05, 3.63) is 53.6 Å². The Morgan fingerprint density at radius 2 is 1.83 bits per heavy atom. The van der Waals surface area contributed by atoms with Crippen LogP contribution in [0.3, 0.4) is 0 Å². The van der Waals surface area contributed by atoms with E-state index in [0.29, 0.717) is 24.3 Å². The van der Waals surface area contributed by atoms with Crippen molar-refractivity contribution in [1.29, 1.82) is 0 Å². The monoisotopic (exact) mass is 417 g/mol. The molecule has 0 aliphatic carbocycles. The van der Waals surface area contributed by atoms with Crippen LogP contribution in [0.5, 0.6) is 5.75 Å². The van der Waals surface area contributed by atoms with Gasteiger partial charge in [-0.25, -0.2) is 8.42 Å². The number of hydrogen-bond donors (Lipinski definition) is 2. The lowest BCUT2D eigenvalue weighted by Crippen LogP contribution is -2.28. The fraction of sp³-hybridized carbons (Fsp3) is 0.300. The summed E-state index contributed by atoms with van der Waals surface area (Å²) in [4.78, 5) is 24.0. The van der Waals surface area contributed by atoms with Crippen LogP contribution in [0.4, 0.5) is 5.69 Å². The highest BCUT2D eigenvalue weighted by molar-refractivity contribution is 7.89. The first-order valence-electron chi connectivity index (χ1n) is 9.18. The Morgan fingerprint density at radius 1 is 1.14 bits per heavy atom. The van der Waals surface area contributed by atoms with Crippen molar-refractivity contribution in [1.82, 2.24) is 4.31 Å². The number of primary amides is 1. The quantitative estimate of drug-likeness (QED) is 0.712. The molecule has 0 saturated carbocycles. The van der Waals surface area contributed by atoms with E-state index in [1.165, 1.54) is 29.6 Å². The van der Waals surface area contributed by atoms with Gasteiger partial charge in [-0.1, -0.05) is 18.2 Å². The fourth-order valence-electron chi connectivity index (χ4n) is 3.27. The summed E-state index contributed by atoms with van der Waals surface area (Å²) < 4.78 is 32.6. The van der Waals surface area contributed by atoms with Crippen molar-refractivity contribution in [2.45, 2.75) is 24.2 Å². The van der Waals surface area contributed by atoms with E-state index >= 15 is 0 Å². The Bertz CT molecular complexity index is 1030. The maximum atomic E-state index is 13.0. The van der Waals surface area contributed by atoms with Crippen LogP contribution in [-0.4, -0.2) is 44.7 Å². The zero-order valence-electron chi connectivity index (χ0n) is 16.1. The van der Waals surface area contributed by atoms with Gasteiger partial charge in [0.25, 0.3) is 5.91 Å². The molecule has 2 amide bonds. The number of nitrogens with zero attached hydrogens (tertiary/aromatic N) is 1. The highest BCUT2D eigenvalue weighted by Crippen LogP contribution is 2.30. The van der Waals surface area contributed by atoms with Crippen molar-refractivity contribution >= 4 is 27.5 Å². The lowest BCUT2D eigenvalue weighted by molar-refractivity contribution is -0.117. The molecule has 0 aromatic heterocycles. The van der Waals surface area contributed by atoms with Gasteiger partial charge in [-0.05, 0) is 42.7 Å². The van der Waals surface area contributed by atoms with Crippen molar-refractivity contribution in [2.75, 3.05) is 25.5 Å². The third kappa shape index (κ3) is 4.57. The van der Waals surface area contributed by atoms with Gasteiger partial charge < -0.3 is 15.8 Å². The summed E-state index contributed by atoms with van der Waals surface area (Å²) in [6, 6.07) is 11.1. The SMILES string of the molecule is COc1ccc(C(=O)Nc2ccccc2CC(N)=O)cc1S(=O)(=O)N1CCCC1. The molecule has 0 radical (unpaired) electrons. The van der Waals surface area contributed by atoms with Gasteiger partial charge in [0.2, 0.25) is 15.9 Å². The Hall–Kier alpha value is -2.91. The molecule has 1 heterocycles. The van der Waals surface area contributed by atoms with Gasteiger partial charge >= 0.3 is 0 Å². The van der Waals surface area contributed by atoms with Crippen molar-refractivity contribution in [2.24, 2.45) is 5.73 Å². The molecule has 1 fully saturated rings. The molecule has 8 nitrogen and oxygen atoms in total. The van der Waals surface area contributed by atoms with Gasteiger partial charge in [0.05, 0.1) is 13.5 Å². The summed E-state index contributed by atoms with van der Waals surface area (Å²) >= 11 is 0. The van der Waals surface area contributed by atoms with Crippen LogP contribution in [-0.2, 0) is 21.2 Å². The average molecular weight is 417 g/mol. The number of nitrogens with two attached hydrogens (primary N) is 1. The average Bonchev–Trinajstić information content (AvgIpc) is 3.24. The molecule has 2 aromatic carbocycles. The second-order valence-corrected chi connectivity index (χ2v) is 8.64. The molecule has 0 bridgehead atoms. The van der Waals surface area contributed by atoms with E-state index in [4.69, 9.17) is 10.5 Å². The van der Waals surface area contributed by atoms with E-state index in [-0.39, 0.29) is 22.6 Å². The summed E-state index contributed by atoms with van der Waals surface area (Å²) in [6.45, 7) is 0.894. The number of ether oxygens (including phenoxy) is 1. The maximum Gasteiger partial charge on any atom is 0.255 e. The Labute approximate surface area is 169 Å². The fourth-order valence-corrected chi connectivity index (χ4v) is 4.96. The summed E-state index contributed by atoms with van der Waals surface area (Å²) in [5.74, 6) is -0.833. The van der Waals surface area contributed by atoms with Crippen LogP contribution in [0.1, 0.15) is 28.8 Å². The molecule has 9 heteroatoms. The van der Waals surface area contributed by atoms with E-state index < -0.39 is 21.8 Å². The minimum absolute atomic E-state index is 0.0202. The lowest BCUT2D eigenvalue weighted by atomic mass is 10.1. The van der Waals surface area contributed by atoms with Crippen LogP contribution in [0.2, 0.25) is 0 Å². The molecule has 3 N–H and O–H groups in total. The van der Waals surface area contributed by atoms with E-state index in [1.54, 1.807) is 24.3 Å². The second kappa shape index (κ2) is 8.62. The Morgan fingerprint density at radius 3 is 2.48 bits per heavy atom. The maximum absolute atomic E-state index is 13.0. The third-order valence-electron chi connectivity index (χ3n) is 4.74. The normalized spacial score (nSPS) is 14.5. The molecule has 0 unspecified atom stereocenters. The smallest absolute Gasteiger partial charge is 0.255 e. The third-order valence-corrected chi connectivity index (χ3v) is 6.66. The molecular weight excluding hydrogens is 394 g/mol. The Kier molecular flexibility index (Phi) is 6.19. The number of carbonyl (C=O) groups is 2. The highest BCUT2D eigenvalue weighted by atomic mass is 32.2. The number of nitrogens with one attached hydrogen (secondary N) is 1. The molecular formula is C20H23N3O5S. The molecule has 1 saturated heterocycles. The number of benzene rings is 2. The lowest BCUT2D eigenvalue weighted by Gasteiger charge is -2.18. The first-order chi connectivity index (χ1) is 13.8. The van der Waals surface area contributed by atoms with Gasteiger partial charge in [0.15, 0.2) is 0 Å². The number of anilines is 1. The summed E-state index contributed by atoms with van der Waals surface area (Å²) in [7, 11) is -2.38. The molecule has 1 aliphatic rings. The topological polar surface area (TPSA) is 119 Å². The van der Waals surface area contributed by atoms with Crippen molar-refractivity contribution < 1.29 is 22.7 Å². The van der Waals surface area contributed by atoms with Crippen LogP contribution >= 0.6 is 0 Å². The van der Waals surface area contributed by atoms with E-state index in [2.05, 4.69) is 5.32 Å². The van der Waals surface area contributed by atoms with E-state index in [0.717, 1.165) is 12.8 Å². The number of hydrogen-bond acceptors (Lipinski definition) is 5. The first kappa shape index (κ1) is 20.8. The van der Waals surface area contributed by atoms with Crippen LogP contribution in [0, 0.1) is 0 Å². The molecule has 1 aliphatic heterocycles. The summed E-state index contributed by atoms with van der Waals surface area (Å²) in [5, 5.41) is 2.72. The first-order valence-corrected chi connectivity index (χ1v) is 10.6. The molecule has 2 aromatic rings. The van der Waals surface area contributed by atoms with Gasteiger partial charge in [0.1, 0.15) is 10.6 Å². The van der Waals surface area contributed by atoms with E-state index in [9.17, 15) is 18.0 Å². The molecule has 3 rings (SSSR count). The molecule has 154 valence electrons. The summed E-state index contributed by atoms with van der Waals surface area (Å²) in [5.41, 5.74) is 6.44. The van der Waals surface area contributed by atoms with Crippen molar-refractivity contribution in [3.63, 3.8) is 0 Å². The van der Waals surface area contributed by atoms with Crippen LogP contribution in [0.25, 0.3) is 0 Å². The predicted octanol–water partition coefficient (Wildman–Crippen LogP) is 1.76. The standard InChI is InChI=1S/C20H23N3O5S/c1-28-17-9-8-15(12-18(17)29(26,27)23-10-4-5-11-23)20(25)22-16-7-3-2-6-14(16)13-19(21)24/h2-3,6-9,12H,4-5,10-11,13H2,1H3,(H2,21,24)(H,22,25). The van der Waals surface area contributed by atoms with Gasteiger partial charge in [-0.3, -0.25) is 9.59 Å². The van der Waals surface area contributed by atoms with Crippen LogP contribution in [0.15, 0.2) is 47.4 Å². The minimum Gasteiger partial charge on any atom is -0.495 e. The number of carbonyl (C=O) groups excluding carboxylic acids is 2. The number of amides is 2. The minimum atomic E-state index is -3.77. The Balaban J connectivity index is 1.92. The number of rotatable bonds is 7. The van der Waals surface area contributed by atoms with Crippen LogP contribution < -0.4 is 15.8 Å². The van der Waals surface area contributed by atoms with Crippen molar-refractivity contribution in [3.8, 4) is 5.75 Å². The predicted molar refractivity (Wildman–Crippen MR) is 108 cm³/mol. The number of sulfonamides is 1. The second-order valence-electron chi connectivity index (χ2n) is 6.73. The number of para-hydroxylation sites is 1. The van der Waals surface area contributed by atoms with Gasteiger partial charge in [-0.2, -0.15) is 4.31 Å². The number of methoxy groups -OCH3 is 1. The zero-order valence-corrected chi connectivity index (χ0v) is 16.9. The van der Waals surface area contributed by atoms with Gasteiger partial charge in [-0.15, -0.1) is 0 Å². The summed E-state index contributed by atoms with van der Waals surface area (Å²) in [6.07, 6.45) is 1.59. The molecule has 29 heavy (non-hydrogen) atoms. The van der Waals surface area contributed by atoms with Gasteiger partial charge in [0, 0.05) is 24.3 Å². The van der Waals surface area contributed by atoms with E-state index in [1.807, 2.05) is 0 Å². The molecule has 0 spiro atoms. The highest BCUT2D eigenvalue weighted by Gasteiger charge is 2.30. The largest absolute Gasteiger partial charge is 0.495 e. The molecule has 0 atom stereocenters. The zero-order chi connectivity index (χ0) is 21.0.